The van der Waals surface area contributed by atoms with Crippen LogP contribution in [0.15, 0.2) is 36.0 Å². The third kappa shape index (κ3) is 2.71. The summed E-state index contributed by atoms with van der Waals surface area (Å²) in [5, 5.41) is 10.5. The summed E-state index contributed by atoms with van der Waals surface area (Å²) in [5.41, 5.74) is 0.475. The number of epoxide rings is 1. The largest absolute Gasteiger partial charge is 0.458 e. The van der Waals surface area contributed by atoms with Crippen molar-refractivity contribution >= 4 is 11.9 Å². The van der Waals surface area contributed by atoms with Crippen LogP contribution in [0.25, 0.3) is 0 Å². The number of carbonyl (C=O) groups is 2. The molecule has 7 heteroatoms. The molecule has 5 aliphatic rings. The first-order valence-corrected chi connectivity index (χ1v) is 8.75. The van der Waals surface area contributed by atoms with Crippen molar-refractivity contribution in [3.05, 3.63) is 36.0 Å². The molecule has 0 aromatic heterocycles. The fraction of sp³-hybridized carbons (Fsp3) is 0.579. The summed E-state index contributed by atoms with van der Waals surface area (Å²) in [7, 11) is 0. The number of carbonyl (C=O) groups excluding carboxylic acids is 2. The molecule has 7 nitrogen and oxygen atoms in total. The lowest BCUT2D eigenvalue weighted by Gasteiger charge is -2.33. The summed E-state index contributed by atoms with van der Waals surface area (Å²) < 4.78 is 22.5. The highest BCUT2D eigenvalue weighted by Crippen LogP contribution is 2.51. The van der Waals surface area contributed by atoms with Crippen molar-refractivity contribution in [2.75, 3.05) is 6.61 Å². The highest BCUT2D eigenvalue weighted by Gasteiger charge is 2.65. The molecule has 140 valence electrons. The van der Waals surface area contributed by atoms with Crippen LogP contribution < -0.4 is 0 Å². The predicted octanol–water partition coefficient (Wildman–Crippen LogP) is 1.17. The molecule has 1 aliphatic carbocycles. The fourth-order valence-electron chi connectivity index (χ4n) is 4.09. The maximum Gasteiger partial charge on any atom is 0.334 e. The molecule has 1 spiro atoms. The van der Waals surface area contributed by atoms with Crippen LogP contribution >= 0.6 is 0 Å². The van der Waals surface area contributed by atoms with Crippen molar-refractivity contribution in [2.24, 2.45) is 5.92 Å². The van der Waals surface area contributed by atoms with Gasteiger partial charge in [0.2, 0.25) is 0 Å². The van der Waals surface area contributed by atoms with Gasteiger partial charge in [0.15, 0.2) is 6.29 Å². The number of hydrogen-bond acceptors (Lipinski definition) is 7. The van der Waals surface area contributed by atoms with Gasteiger partial charge in [-0.25, -0.2) is 9.59 Å². The van der Waals surface area contributed by atoms with E-state index in [2.05, 4.69) is 13.2 Å². The summed E-state index contributed by atoms with van der Waals surface area (Å²) in [5.74, 6) is -1.61. The van der Waals surface area contributed by atoms with E-state index in [-0.39, 0.29) is 30.3 Å². The van der Waals surface area contributed by atoms with Crippen molar-refractivity contribution in [1.82, 2.24) is 0 Å². The minimum Gasteiger partial charge on any atom is -0.458 e. The van der Waals surface area contributed by atoms with Gasteiger partial charge in [-0.1, -0.05) is 13.2 Å². The molecule has 4 aliphatic heterocycles. The summed E-state index contributed by atoms with van der Waals surface area (Å²) in [6.07, 6.45) is 0.815. The molecule has 1 N–H and O–H groups in total. The lowest BCUT2D eigenvalue weighted by atomic mass is 9.81. The SMILES string of the molecule is C=C(C)C(=O)O[C@H]1C[C@]23O[C@H]2CC/C(=C/[C@@H]2OC(=O)C(=C)[C@H]21)CO[C@@H]3O. The number of rotatable bonds is 2. The van der Waals surface area contributed by atoms with Gasteiger partial charge in [-0.2, -0.15) is 0 Å². The summed E-state index contributed by atoms with van der Waals surface area (Å²) >= 11 is 0. The van der Waals surface area contributed by atoms with E-state index in [1.54, 1.807) is 6.92 Å². The molecule has 0 amide bonds. The highest BCUT2D eigenvalue weighted by molar-refractivity contribution is 5.91. The van der Waals surface area contributed by atoms with Gasteiger partial charge >= 0.3 is 11.9 Å². The van der Waals surface area contributed by atoms with Crippen molar-refractivity contribution in [2.45, 2.75) is 56.4 Å². The third-order valence-corrected chi connectivity index (χ3v) is 5.61. The second kappa shape index (κ2) is 6.04. The number of aliphatic hydroxyl groups excluding tert-OH is 1. The van der Waals surface area contributed by atoms with E-state index in [1.807, 2.05) is 6.08 Å². The Morgan fingerprint density at radius 1 is 1.46 bits per heavy atom. The molecule has 4 heterocycles. The highest BCUT2D eigenvalue weighted by atomic mass is 16.7. The number of fused-ring (bicyclic) bond motifs is 4. The van der Waals surface area contributed by atoms with Crippen molar-refractivity contribution in [3.8, 4) is 0 Å². The average Bonchev–Trinajstić information content (AvgIpc) is 3.20. The van der Waals surface area contributed by atoms with Gasteiger partial charge in [0, 0.05) is 17.6 Å². The zero-order chi connectivity index (χ0) is 18.6. The number of esters is 2. The van der Waals surface area contributed by atoms with E-state index < -0.39 is 42.0 Å². The topological polar surface area (TPSA) is 94.6 Å². The minimum atomic E-state index is -1.13. The molecule has 0 saturated carbocycles. The molecular formula is C19H22O7. The maximum atomic E-state index is 12.2. The summed E-state index contributed by atoms with van der Waals surface area (Å²) in [6.45, 7) is 9.24. The zero-order valence-electron chi connectivity index (χ0n) is 14.6. The van der Waals surface area contributed by atoms with E-state index in [4.69, 9.17) is 18.9 Å². The van der Waals surface area contributed by atoms with E-state index in [0.717, 1.165) is 18.4 Å². The zero-order valence-corrected chi connectivity index (χ0v) is 14.6. The molecule has 0 aromatic carbocycles. The fourth-order valence-corrected chi connectivity index (χ4v) is 4.09. The monoisotopic (exact) mass is 362 g/mol. The second-order valence-electron chi connectivity index (χ2n) is 7.44. The van der Waals surface area contributed by atoms with Crippen LogP contribution in [-0.2, 0) is 28.5 Å². The lowest BCUT2D eigenvalue weighted by Crippen LogP contribution is -2.45. The predicted molar refractivity (Wildman–Crippen MR) is 88.7 cm³/mol. The van der Waals surface area contributed by atoms with Crippen LogP contribution in [0.5, 0.6) is 0 Å². The van der Waals surface area contributed by atoms with Gasteiger partial charge in [0.05, 0.1) is 18.6 Å². The van der Waals surface area contributed by atoms with Gasteiger partial charge in [-0.05, 0) is 31.4 Å². The normalized spacial score (nSPS) is 43.3. The van der Waals surface area contributed by atoms with Crippen molar-refractivity contribution in [3.63, 3.8) is 0 Å². The van der Waals surface area contributed by atoms with Crippen molar-refractivity contribution < 1.29 is 33.6 Å². The molecule has 2 bridgehead atoms. The van der Waals surface area contributed by atoms with Gasteiger partial charge in [0.25, 0.3) is 0 Å². The molecule has 5 rings (SSSR count). The Morgan fingerprint density at radius 3 is 2.96 bits per heavy atom. The maximum absolute atomic E-state index is 12.2. The van der Waals surface area contributed by atoms with E-state index >= 15 is 0 Å². The average molecular weight is 362 g/mol. The Hall–Kier alpha value is -1.96. The lowest BCUT2D eigenvalue weighted by molar-refractivity contribution is -0.163. The summed E-state index contributed by atoms with van der Waals surface area (Å²) in [6, 6.07) is 0. The first-order valence-electron chi connectivity index (χ1n) is 8.75. The van der Waals surface area contributed by atoms with Gasteiger partial charge in [-0.3, -0.25) is 0 Å². The molecule has 6 atom stereocenters. The molecule has 3 saturated heterocycles. The van der Waals surface area contributed by atoms with Crippen LogP contribution in [-0.4, -0.2) is 53.9 Å². The Bertz CT molecular complexity index is 723. The van der Waals surface area contributed by atoms with E-state index in [0.29, 0.717) is 0 Å². The Morgan fingerprint density at radius 2 is 2.23 bits per heavy atom. The second-order valence-corrected chi connectivity index (χ2v) is 7.44. The van der Waals surface area contributed by atoms with Crippen LogP contribution in [0.3, 0.4) is 0 Å². The standard InChI is InChI=1S/C19H22O7/c1-9(2)16(20)25-13-7-19-14(26-19)5-4-11(8-23-18(19)22)6-12-15(13)10(3)17(21)24-12/h6,12-15,18,22H,1,3-5,7-8H2,2H3/b11-6-/t12-,13-,14-,15+,18-,19-/m0/s1. The van der Waals surface area contributed by atoms with Gasteiger partial charge < -0.3 is 24.1 Å². The Kier molecular flexibility index (Phi) is 4.06. The van der Waals surface area contributed by atoms with Crippen LogP contribution in [0.4, 0.5) is 0 Å². The molecular weight excluding hydrogens is 340 g/mol. The smallest absolute Gasteiger partial charge is 0.334 e. The minimum absolute atomic E-state index is 0.185. The van der Waals surface area contributed by atoms with Gasteiger partial charge in [0.1, 0.15) is 17.8 Å². The molecule has 0 aromatic rings. The molecule has 0 unspecified atom stereocenters. The van der Waals surface area contributed by atoms with Crippen LogP contribution in [0.1, 0.15) is 26.2 Å². The van der Waals surface area contributed by atoms with E-state index in [9.17, 15) is 14.7 Å². The first kappa shape index (κ1) is 17.5. The van der Waals surface area contributed by atoms with Crippen LogP contribution in [0, 0.1) is 5.92 Å². The van der Waals surface area contributed by atoms with Crippen LogP contribution in [0.2, 0.25) is 0 Å². The third-order valence-electron chi connectivity index (χ3n) is 5.61. The Labute approximate surface area is 151 Å². The molecule has 3 fully saturated rings. The number of hydrogen-bond donors (Lipinski definition) is 1. The van der Waals surface area contributed by atoms with Crippen molar-refractivity contribution in [1.29, 1.82) is 0 Å². The molecule has 26 heavy (non-hydrogen) atoms. The number of aliphatic hydroxyl groups is 1. The first-order chi connectivity index (χ1) is 12.3. The van der Waals surface area contributed by atoms with Gasteiger partial charge in [-0.15, -0.1) is 0 Å². The summed E-state index contributed by atoms with van der Waals surface area (Å²) in [4.78, 5) is 24.3. The quantitative estimate of drug-likeness (QED) is 0.341. The van der Waals surface area contributed by atoms with E-state index in [1.165, 1.54) is 0 Å². The molecule has 0 radical (unpaired) electrons. The Balaban J connectivity index is 1.76. The number of ether oxygens (including phenoxy) is 4.